The van der Waals surface area contributed by atoms with Crippen molar-refractivity contribution in [3.63, 3.8) is 0 Å². The van der Waals surface area contributed by atoms with Crippen molar-refractivity contribution >= 4 is 12.1 Å². The number of rotatable bonds is 4. The molecule has 0 atom stereocenters. The SMILES string of the molecule is CN(C)N(C(N)=O)C1CCC(N(C(N)=O)N(C)C)CC1. The van der Waals surface area contributed by atoms with E-state index in [9.17, 15) is 9.59 Å². The summed E-state index contributed by atoms with van der Waals surface area (Å²) in [5.74, 6) is 0. The van der Waals surface area contributed by atoms with Crippen molar-refractivity contribution in [3.8, 4) is 0 Å². The second-order valence-electron chi connectivity index (χ2n) is 5.52. The topological polar surface area (TPSA) is 99.1 Å². The van der Waals surface area contributed by atoms with E-state index in [1.807, 2.05) is 0 Å². The third kappa shape index (κ3) is 3.73. The Morgan fingerprint density at radius 2 is 1.00 bits per heavy atom. The predicted octanol–water partition coefficient (Wildman–Crippen LogP) is 0.0122. The fourth-order valence-corrected chi connectivity index (χ4v) is 2.95. The van der Waals surface area contributed by atoms with Crippen LogP contribution < -0.4 is 11.5 Å². The molecule has 8 nitrogen and oxygen atoms in total. The Kier molecular flexibility index (Phi) is 5.58. The highest BCUT2D eigenvalue weighted by molar-refractivity contribution is 5.72. The molecule has 0 aromatic carbocycles. The molecule has 8 heteroatoms. The molecule has 20 heavy (non-hydrogen) atoms. The van der Waals surface area contributed by atoms with Crippen molar-refractivity contribution in [1.29, 1.82) is 0 Å². The summed E-state index contributed by atoms with van der Waals surface area (Å²) in [5.41, 5.74) is 10.8. The smallest absolute Gasteiger partial charge is 0.329 e. The van der Waals surface area contributed by atoms with Gasteiger partial charge < -0.3 is 11.5 Å². The molecule has 0 aliphatic heterocycles. The van der Waals surface area contributed by atoms with Gasteiger partial charge in [0.05, 0.1) is 12.1 Å². The lowest BCUT2D eigenvalue weighted by Crippen LogP contribution is -2.56. The number of amides is 4. The van der Waals surface area contributed by atoms with Gasteiger partial charge in [-0.15, -0.1) is 0 Å². The number of urea groups is 2. The van der Waals surface area contributed by atoms with Crippen molar-refractivity contribution in [2.45, 2.75) is 37.8 Å². The van der Waals surface area contributed by atoms with Gasteiger partial charge >= 0.3 is 12.1 Å². The van der Waals surface area contributed by atoms with Crippen molar-refractivity contribution in [2.24, 2.45) is 11.5 Å². The van der Waals surface area contributed by atoms with Gasteiger partial charge in [-0.3, -0.25) is 10.0 Å². The minimum Gasteiger partial charge on any atom is -0.350 e. The summed E-state index contributed by atoms with van der Waals surface area (Å²) >= 11 is 0. The highest BCUT2D eigenvalue weighted by Gasteiger charge is 2.33. The van der Waals surface area contributed by atoms with E-state index in [1.54, 1.807) is 48.2 Å². The molecule has 116 valence electrons. The van der Waals surface area contributed by atoms with E-state index in [0.29, 0.717) is 0 Å². The molecule has 1 saturated carbocycles. The van der Waals surface area contributed by atoms with Crippen molar-refractivity contribution in [2.75, 3.05) is 28.2 Å². The van der Waals surface area contributed by atoms with Crippen LogP contribution in [0.25, 0.3) is 0 Å². The van der Waals surface area contributed by atoms with Crippen molar-refractivity contribution in [3.05, 3.63) is 0 Å². The first kappa shape index (κ1) is 16.5. The second-order valence-corrected chi connectivity index (χ2v) is 5.52. The van der Waals surface area contributed by atoms with Gasteiger partial charge in [0.25, 0.3) is 0 Å². The average molecular weight is 286 g/mol. The second kappa shape index (κ2) is 6.76. The van der Waals surface area contributed by atoms with Crippen LogP contribution in [0.5, 0.6) is 0 Å². The molecule has 1 fully saturated rings. The molecule has 0 spiro atoms. The fraction of sp³-hybridized carbons (Fsp3) is 0.833. The number of hydrogen-bond donors (Lipinski definition) is 2. The largest absolute Gasteiger partial charge is 0.350 e. The van der Waals surface area contributed by atoms with Crippen LogP contribution in [0.2, 0.25) is 0 Å². The van der Waals surface area contributed by atoms with Gasteiger partial charge in [0.1, 0.15) is 0 Å². The molecular formula is C12H26N6O2. The number of nitrogens with zero attached hydrogens (tertiary/aromatic N) is 4. The first-order valence-corrected chi connectivity index (χ1v) is 6.77. The maximum absolute atomic E-state index is 11.5. The molecule has 0 radical (unpaired) electrons. The summed E-state index contributed by atoms with van der Waals surface area (Å²) in [7, 11) is 7.19. The van der Waals surface area contributed by atoms with Gasteiger partial charge in [-0.25, -0.2) is 19.6 Å². The fourth-order valence-electron chi connectivity index (χ4n) is 2.95. The highest BCUT2D eigenvalue weighted by Crippen LogP contribution is 2.27. The lowest BCUT2D eigenvalue weighted by molar-refractivity contribution is -0.0227. The van der Waals surface area contributed by atoms with E-state index in [1.165, 1.54) is 0 Å². The summed E-state index contributed by atoms with van der Waals surface area (Å²) < 4.78 is 0. The maximum atomic E-state index is 11.5. The molecule has 0 heterocycles. The molecule has 1 aliphatic carbocycles. The van der Waals surface area contributed by atoms with Gasteiger partial charge in [-0.1, -0.05) is 0 Å². The first-order valence-electron chi connectivity index (χ1n) is 6.77. The zero-order valence-electron chi connectivity index (χ0n) is 12.7. The van der Waals surface area contributed by atoms with Crippen LogP contribution in [0.15, 0.2) is 0 Å². The van der Waals surface area contributed by atoms with E-state index in [2.05, 4.69) is 0 Å². The molecule has 4 amide bonds. The normalized spacial score (nSPS) is 22.9. The number of carbonyl (C=O) groups is 2. The number of hydrazine groups is 2. The van der Waals surface area contributed by atoms with Gasteiger partial charge in [0.15, 0.2) is 0 Å². The highest BCUT2D eigenvalue weighted by atomic mass is 16.2. The van der Waals surface area contributed by atoms with E-state index in [4.69, 9.17) is 11.5 Å². The average Bonchev–Trinajstić information content (AvgIpc) is 2.29. The van der Waals surface area contributed by atoms with Gasteiger partial charge in [-0.2, -0.15) is 0 Å². The van der Waals surface area contributed by atoms with E-state index in [0.717, 1.165) is 25.7 Å². The minimum absolute atomic E-state index is 0.0793. The zero-order valence-corrected chi connectivity index (χ0v) is 12.7. The van der Waals surface area contributed by atoms with Crippen LogP contribution in [-0.4, -0.2) is 72.4 Å². The third-order valence-corrected chi connectivity index (χ3v) is 3.67. The van der Waals surface area contributed by atoms with Crippen molar-refractivity contribution in [1.82, 2.24) is 20.0 Å². The first-order chi connectivity index (χ1) is 9.25. The van der Waals surface area contributed by atoms with Gasteiger partial charge in [0, 0.05) is 28.2 Å². The molecular weight excluding hydrogens is 260 g/mol. The number of primary amides is 2. The van der Waals surface area contributed by atoms with Crippen LogP contribution in [0.4, 0.5) is 9.59 Å². The minimum atomic E-state index is -0.446. The summed E-state index contributed by atoms with van der Waals surface area (Å²) in [5, 5.41) is 6.57. The molecule has 1 rings (SSSR count). The van der Waals surface area contributed by atoms with Crippen LogP contribution in [0, 0.1) is 0 Å². The van der Waals surface area contributed by atoms with Crippen LogP contribution >= 0.6 is 0 Å². The Balaban J connectivity index is 2.67. The van der Waals surface area contributed by atoms with Gasteiger partial charge in [-0.05, 0) is 25.7 Å². The van der Waals surface area contributed by atoms with Crippen LogP contribution in [0.1, 0.15) is 25.7 Å². The molecule has 4 N–H and O–H groups in total. The molecule has 0 aromatic rings. The number of carbonyl (C=O) groups excluding carboxylic acids is 2. The van der Waals surface area contributed by atoms with E-state index >= 15 is 0 Å². The number of nitrogens with two attached hydrogens (primary N) is 2. The molecule has 0 bridgehead atoms. The van der Waals surface area contributed by atoms with Crippen molar-refractivity contribution < 1.29 is 9.59 Å². The Morgan fingerprint density at radius 1 is 0.750 bits per heavy atom. The standard InChI is InChI=1S/C12H26N6O2/c1-15(2)17(11(13)19)9-5-7-10(8-6-9)18(12(14)20)16(3)4/h9-10H,5-8H2,1-4H3,(H2,13,19)(H2,14,20). The monoisotopic (exact) mass is 286 g/mol. The Bertz CT molecular complexity index is 318. The van der Waals surface area contributed by atoms with E-state index < -0.39 is 12.1 Å². The third-order valence-electron chi connectivity index (χ3n) is 3.67. The predicted molar refractivity (Wildman–Crippen MR) is 76.3 cm³/mol. The lowest BCUT2D eigenvalue weighted by atomic mass is 9.90. The van der Waals surface area contributed by atoms with E-state index in [-0.39, 0.29) is 12.1 Å². The Labute approximate surface area is 120 Å². The van der Waals surface area contributed by atoms with Crippen LogP contribution in [0.3, 0.4) is 0 Å². The molecule has 0 unspecified atom stereocenters. The quantitative estimate of drug-likeness (QED) is 0.711. The molecule has 1 aliphatic rings. The summed E-state index contributed by atoms with van der Waals surface area (Å²) in [6.07, 6.45) is 3.18. The van der Waals surface area contributed by atoms with Gasteiger partial charge in [0.2, 0.25) is 0 Å². The summed E-state index contributed by atoms with van der Waals surface area (Å²) in [6, 6.07) is -0.734. The van der Waals surface area contributed by atoms with Crippen LogP contribution in [-0.2, 0) is 0 Å². The lowest BCUT2D eigenvalue weighted by Gasteiger charge is -2.42. The Hall–Kier alpha value is -1.54. The Morgan fingerprint density at radius 3 is 1.15 bits per heavy atom. The summed E-state index contributed by atoms with van der Waals surface area (Å²) in [4.78, 5) is 23.0. The maximum Gasteiger partial charge on any atom is 0.329 e. The summed E-state index contributed by atoms with van der Waals surface area (Å²) in [6.45, 7) is 0. The zero-order chi connectivity index (χ0) is 15.4. The molecule has 0 saturated heterocycles. The molecule has 0 aromatic heterocycles. The number of hydrogen-bond acceptors (Lipinski definition) is 4.